The molecule has 1 aliphatic heterocycles. The summed E-state index contributed by atoms with van der Waals surface area (Å²) in [6.45, 7) is 0.925. The molecule has 102 valence electrons. The summed E-state index contributed by atoms with van der Waals surface area (Å²) >= 11 is 0. The van der Waals surface area contributed by atoms with Crippen molar-refractivity contribution in [2.24, 2.45) is 0 Å². The molecule has 0 saturated carbocycles. The smallest absolute Gasteiger partial charge is 0.305 e. The molecule has 1 aromatic rings. The summed E-state index contributed by atoms with van der Waals surface area (Å²) < 4.78 is 32.4. The molecule has 0 radical (unpaired) electrons. The lowest BCUT2D eigenvalue weighted by Crippen LogP contribution is -2.41. The zero-order valence-electron chi connectivity index (χ0n) is 9.77. The average Bonchev–Trinajstić information content (AvgIpc) is 2.39. The Balaban J connectivity index is 2.40. The monoisotopic (exact) mass is 272 g/mol. The molecule has 1 amide bonds. The van der Waals surface area contributed by atoms with Crippen LogP contribution in [0, 0.1) is 21.7 Å². The number of hydrogen-bond donors (Lipinski definition) is 0. The first kappa shape index (κ1) is 13.3. The van der Waals surface area contributed by atoms with Gasteiger partial charge >= 0.3 is 5.69 Å². The Labute approximate surface area is 106 Å². The van der Waals surface area contributed by atoms with Crippen molar-refractivity contribution in [2.75, 3.05) is 26.3 Å². The number of hydrogen-bond acceptors (Lipinski definition) is 4. The molecule has 1 aromatic carbocycles. The van der Waals surface area contributed by atoms with E-state index in [2.05, 4.69) is 0 Å². The van der Waals surface area contributed by atoms with E-state index in [1.54, 1.807) is 0 Å². The van der Waals surface area contributed by atoms with E-state index in [0.29, 0.717) is 6.07 Å². The molecule has 0 aliphatic carbocycles. The zero-order valence-corrected chi connectivity index (χ0v) is 9.77. The molecule has 0 aromatic heterocycles. The van der Waals surface area contributed by atoms with Gasteiger partial charge in [0.1, 0.15) is 11.4 Å². The van der Waals surface area contributed by atoms with Gasteiger partial charge in [0.15, 0.2) is 0 Å². The van der Waals surface area contributed by atoms with Crippen LogP contribution in [0.2, 0.25) is 0 Å². The van der Waals surface area contributed by atoms with Gasteiger partial charge in [0, 0.05) is 19.2 Å². The van der Waals surface area contributed by atoms with Gasteiger partial charge in [-0.15, -0.1) is 0 Å². The predicted molar refractivity (Wildman–Crippen MR) is 59.7 cm³/mol. The summed E-state index contributed by atoms with van der Waals surface area (Å²) in [6, 6.07) is 1.41. The van der Waals surface area contributed by atoms with E-state index in [1.165, 1.54) is 4.90 Å². The minimum atomic E-state index is -1.44. The molecule has 1 saturated heterocycles. The number of morpholine rings is 1. The lowest BCUT2D eigenvalue weighted by Gasteiger charge is -2.27. The Morgan fingerprint density at radius 3 is 2.53 bits per heavy atom. The SMILES string of the molecule is O=C(c1c(F)ccc([N+](=O)[O-])c1F)N1CCOCC1. The summed E-state index contributed by atoms with van der Waals surface area (Å²) in [6.07, 6.45) is 0. The third-order valence-electron chi connectivity index (χ3n) is 2.78. The molecule has 8 heteroatoms. The first-order valence-corrected chi connectivity index (χ1v) is 5.51. The summed E-state index contributed by atoms with van der Waals surface area (Å²) in [7, 11) is 0. The normalized spacial score (nSPS) is 15.4. The van der Waals surface area contributed by atoms with Gasteiger partial charge in [-0.1, -0.05) is 0 Å². The van der Waals surface area contributed by atoms with Crippen LogP contribution in [0.3, 0.4) is 0 Å². The third kappa shape index (κ3) is 2.53. The minimum absolute atomic E-state index is 0.195. The summed E-state index contributed by atoms with van der Waals surface area (Å²) in [5.41, 5.74) is -1.81. The molecule has 19 heavy (non-hydrogen) atoms. The summed E-state index contributed by atoms with van der Waals surface area (Å²) in [4.78, 5) is 22.8. The van der Waals surface area contributed by atoms with E-state index in [9.17, 15) is 23.7 Å². The highest BCUT2D eigenvalue weighted by Crippen LogP contribution is 2.24. The van der Waals surface area contributed by atoms with Crippen molar-refractivity contribution in [3.8, 4) is 0 Å². The fourth-order valence-corrected chi connectivity index (χ4v) is 1.80. The molecule has 1 fully saturated rings. The van der Waals surface area contributed by atoms with E-state index < -0.39 is 33.7 Å². The second-order valence-electron chi connectivity index (χ2n) is 3.92. The molecule has 1 heterocycles. The number of amides is 1. The van der Waals surface area contributed by atoms with Crippen LogP contribution in [-0.2, 0) is 4.74 Å². The van der Waals surface area contributed by atoms with Crippen LogP contribution in [0.5, 0.6) is 0 Å². The number of nitro groups is 1. The number of benzene rings is 1. The van der Waals surface area contributed by atoms with Crippen molar-refractivity contribution in [1.29, 1.82) is 0 Å². The van der Waals surface area contributed by atoms with E-state index in [4.69, 9.17) is 4.74 Å². The Hall–Kier alpha value is -2.09. The van der Waals surface area contributed by atoms with Gasteiger partial charge in [-0.05, 0) is 6.07 Å². The van der Waals surface area contributed by atoms with E-state index in [-0.39, 0.29) is 26.3 Å². The Morgan fingerprint density at radius 1 is 1.32 bits per heavy atom. The van der Waals surface area contributed by atoms with Crippen molar-refractivity contribution < 1.29 is 23.2 Å². The van der Waals surface area contributed by atoms with Crippen molar-refractivity contribution in [1.82, 2.24) is 4.90 Å². The van der Waals surface area contributed by atoms with Crippen molar-refractivity contribution >= 4 is 11.6 Å². The highest BCUT2D eigenvalue weighted by molar-refractivity contribution is 5.95. The van der Waals surface area contributed by atoms with Gasteiger partial charge in [0.05, 0.1) is 18.1 Å². The Morgan fingerprint density at radius 2 is 1.95 bits per heavy atom. The van der Waals surface area contributed by atoms with Crippen molar-refractivity contribution in [3.05, 3.63) is 39.4 Å². The summed E-state index contributed by atoms with van der Waals surface area (Å²) in [5.74, 6) is -3.46. The lowest BCUT2D eigenvalue weighted by molar-refractivity contribution is -0.387. The molecule has 0 spiro atoms. The minimum Gasteiger partial charge on any atom is -0.378 e. The second kappa shape index (κ2) is 5.27. The molecule has 1 aliphatic rings. The molecule has 0 bridgehead atoms. The van der Waals surface area contributed by atoms with Gasteiger partial charge in [-0.2, -0.15) is 4.39 Å². The Bertz CT molecular complexity index is 530. The molecule has 0 atom stereocenters. The number of nitro benzene ring substituents is 1. The van der Waals surface area contributed by atoms with Crippen LogP contribution in [0.1, 0.15) is 10.4 Å². The number of rotatable bonds is 2. The highest BCUT2D eigenvalue weighted by Gasteiger charge is 2.29. The molecule has 0 N–H and O–H groups in total. The maximum atomic E-state index is 13.8. The molecular weight excluding hydrogens is 262 g/mol. The first-order chi connectivity index (χ1) is 9.02. The van der Waals surface area contributed by atoms with Gasteiger partial charge < -0.3 is 9.64 Å². The van der Waals surface area contributed by atoms with Crippen molar-refractivity contribution in [3.63, 3.8) is 0 Å². The van der Waals surface area contributed by atoms with E-state index in [0.717, 1.165) is 6.07 Å². The first-order valence-electron chi connectivity index (χ1n) is 5.51. The molecular formula is C11H10F2N2O4. The van der Waals surface area contributed by atoms with Gasteiger partial charge in [0.2, 0.25) is 5.82 Å². The number of nitrogens with zero attached hydrogens (tertiary/aromatic N) is 2. The third-order valence-corrected chi connectivity index (χ3v) is 2.78. The molecule has 2 rings (SSSR count). The number of carbonyl (C=O) groups excluding carboxylic acids is 1. The van der Waals surface area contributed by atoms with Gasteiger partial charge in [-0.25, -0.2) is 4.39 Å². The maximum absolute atomic E-state index is 13.8. The fraction of sp³-hybridized carbons (Fsp3) is 0.364. The summed E-state index contributed by atoms with van der Waals surface area (Å²) in [5, 5.41) is 10.6. The van der Waals surface area contributed by atoms with Crippen LogP contribution in [0.4, 0.5) is 14.5 Å². The number of carbonyl (C=O) groups is 1. The second-order valence-corrected chi connectivity index (χ2v) is 3.92. The van der Waals surface area contributed by atoms with Crippen LogP contribution in [0.25, 0.3) is 0 Å². The van der Waals surface area contributed by atoms with Gasteiger partial charge in [-0.3, -0.25) is 14.9 Å². The maximum Gasteiger partial charge on any atom is 0.305 e. The van der Waals surface area contributed by atoms with Crippen LogP contribution >= 0.6 is 0 Å². The van der Waals surface area contributed by atoms with Crippen LogP contribution < -0.4 is 0 Å². The predicted octanol–water partition coefficient (Wildman–Crippen LogP) is 1.35. The standard InChI is InChI=1S/C11H10F2N2O4/c12-7-1-2-8(15(17)18)10(13)9(7)11(16)14-3-5-19-6-4-14/h1-2H,3-6H2. The van der Waals surface area contributed by atoms with Crippen molar-refractivity contribution in [2.45, 2.75) is 0 Å². The lowest BCUT2D eigenvalue weighted by atomic mass is 10.1. The van der Waals surface area contributed by atoms with E-state index >= 15 is 0 Å². The topological polar surface area (TPSA) is 72.7 Å². The van der Waals surface area contributed by atoms with Gasteiger partial charge in [0.25, 0.3) is 5.91 Å². The molecule has 6 nitrogen and oxygen atoms in total. The highest BCUT2D eigenvalue weighted by atomic mass is 19.1. The average molecular weight is 272 g/mol. The van der Waals surface area contributed by atoms with Crippen LogP contribution in [0.15, 0.2) is 12.1 Å². The number of ether oxygens (including phenoxy) is 1. The van der Waals surface area contributed by atoms with Crippen LogP contribution in [-0.4, -0.2) is 42.0 Å². The molecule has 0 unspecified atom stereocenters. The van der Waals surface area contributed by atoms with E-state index in [1.807, 2.05) is 0 Å². The zero-order chi connectivity index (χ0) is 14.0. The quantitative estimate of drug-likeness (QED) is 0.601. The number of halogens is 2. The Kier molecular flexibility index (Phi) is 3.70. The largest absolute Gasteiger partial charge is 0.378 e. The fourth-order valence-electron chi connectivity index (χ4n) is 1.80.